The molecule has 2 rings (SSSR count). The van der Waals surface area contributed by atoms with Gasteiger partial charge in [-0.05, 0) is 31.9 Å². The van der Waals surface area contributed by atoms with Crippen molar-refractivity contribution in [1.82, 2.24) is 10.2 Å². The Bertz CT molecular complexity index is 549. The van der Waals surface area contributed by atoms with Gasteiger partial charge in [-0.25, -0.2) is 0 Å². The fraction of sp³-hybridized carbons (Fsp3) is 0.500. The summed E-state index contributed by atoms with van der Waals surface area (Å²) in [5.74, 6) is -0.545. The molecule has 0 radical (unpaired) electrons. The number of amides is 2. The summed E-state index contributed by atoms with van der Waals surface area (Å²) >= 11 is 0. The molecule has 1 heterocycles. The summed E-state index contributed by atoms with van der Waals surface area (Å²) in [4.78, 5) is 25.7. The first-order chi connectivity index (χ1) is 9.78. The standard InChI is InChI=1S/C16H23N3O2/c1-16(2,3)18-9-14(20)19-10-12-7-5-4-6-11(12)8-13(19)15(17)21/h4-7,13,18H,8-10H2,1-3H3,(H2,17,21)/t13-/m0/s1. The maximum Gasteiger partial charge on any atom is 0.240 e. The first kappa shape index (κ1) is 15.5. The molecule has 21 heavy (non-hydrogen) atoms. The summed E-state index contributed by atoms with van der Waals surface area (Å²) in [6, 6.07) is 7.30. The smallest absolute Gasteiger partial charge is 0.240 e. The second-order valence-electron chi connectivity index (χ2n) is 6.52. The van der Waals surface area contributed by atoms with E-state index in [9.17, 15) is 9.59 Å². The molecule has 0 saturated carbocycles. The summed E-state index contributed by atoms with van der Waals surface area (Å²) < 4.78 is 0. The topological polar surface area (TPSA) is 75.4 Å². The van der Waals surface area contributed by atoms with Gasteiger partial charge in [0.15, 0.2) is 0 Å². The molecule has 0 aliphatic carbocycles. The molecule has 1 aliphatic heterocycles. The van der Waals surface area contributed by atoms with E-state index in [1.165, 1.54) is 0 Å². The van der Waals surface area contributed by atoms with Gasteiger partial charge in [-0.2, -0.15) is 0 Å². The third kappa shape index (κ3) is 3.82. The number of hydrogen-bond donors (Lipinski definition) is 2. The van der Waals surface area contributed by atoms with Crippen molar-refractivity contribution in [2.75, 3.05) is 6.54 Å². The molecule has 1 aliphatic rings. The summed E-state index contributed by atoms with van der Waals surface area (Å²) in [5, 5.41) is 3.16. The van der Waals surface area contributed by atoms with E-state index in [4.69, 9.17) is 5.73 Å². The van der Waals surface area contributed by atoms with Gasteiger partial charge in [-0.3, -0.25) is 9.59 Å². The Balaban J connectivity index is 2.17. The third-order valence-corrected chi connectivity index (χ3v) is 3.67. The van der Waals surface area contributed by atoms with Gasteiger partial charge in [0.25, 0.3) is 0 Å². The molecule has 114 valence electrons. The van der Waals surface area contributed by atoms with E-state index in [1.807, 2.05) is 45.0 Å². The Morgan fingerprint density at radius 1 is 1.29 bits per heavy atom. The Hall–Kier alpha value is -1.88. The molecule has 0 fully saturated rings. The maximum absolute atomic E-state index is 12.4. The van der Waals surface area contributed by atoms with Crippen LogP contribution in [0.5, 0.6) is 0 Å². The zero-order valence-electron chi connectivity index (χ0n) is 12.8. The summed E-state index contributed by atoms with van der Waals surface area (Å²) in [5.41, 5.74) is 7.51. The number of nitrogens with zero attached hydrogens (tertiary/aromatic N) is 1. The van der Waals surface area contributed by atoms with Gasteiger partial charge in [0.05, 0.1) is 6.54 Å². The van der Waals surface area contributed by atoms with Crippen LogP contribution in [0.3, 0.4) is 0 Å². The molecule has 0 unspecified atom stereocenters. The Morgan fingerprint density at radius 2 is 1.90 bits per heavy atom. The van der Waals surface area contributed by atoms with Gasteiger partial charge < -0.3 is 16.0 Å². The predicted octanol–water partition coefficient (Wildman–Crippen LogP) is 0.813. The normalized spacial score (nSPS) is 18.2. The van der Waals surface area contributed by atoms with Crippen LogP contribution in [0.15, 0.2) is 24.3 Å². The van der Waals surface area contributed by atoms with Crippen molar-refractivity contribution in [1.29, 1.82) is 0 Å². The van der Waals surface area contributed by atoms with Gasteiger partial charge in [-0.1, -0.05) is 24.3 Å². The quantitative estimate of drug-likeness (QED) is 0.865. The van der Waals surface area contributed by atoms with Gasteiger partial charge in [0.2, 0.25) is 11.8 Å². The molecular formula is C16H23N3O2. The Labute approximate surface area is 125 Å². The van der Waals surface area contributed by atoms with Crippen molar-refractivity contribution in [3.05, 3.63) is 35.4 Å². The van der Waals surface area contributed by atoms with Gasteiger partial charge in [0.1, 0.15) is 6.04 Å². The molecule has 1 atom stereocenters. The van der Waals surface area contributed by atoms with E-state index in [0.29, 0.717) is 13.0 Å². The van der Waals surface area contributed by atoms with E-state index in [-0.39, 0.29) is 18.0 Å². The summed E-state index contributed by atoms with van der Waals surface area (Å²) in [6.07, 6.45) is 0.493. The molecule has 2 amide bonds. The third-order valence-electron chi connectivity index (χ3n) is 3.67. The predicted molar refractivity (Wildman–Crippen MR) is 81.4 cm³/mol. The average Bonchev–Trinajstić information content (AvgIpc) is 2.42. The fourth-order valence-electron chi connectivity index (χ4n) is 2.48. The van der Waals surface area contributed by atoms with E-state index in [0.717, 1.165) is 11.1 Å². The number of rotatable bonds is 3. The van der Waals surface area contributed by atoms with Gasteiger partial charge in [0, 0.05) is 18.5 Å². The SMILES string of the molecule is CC(C)(C)NCC(=O)N1Cc2ccccc2C[C@H]1C(N)=O. The highest BCUT2D eigenvalue weighted by Crippen LogP contribution is 2.23. The summed E-state index contributed by atoms with van der Waals surface area (Å²) in [7, 11) is 0. The van der Waals surface area contributed by atoms with E-state index >= 15 is 0 Å². The molecule has 0 bridgehead atoms. The number of nitrogens with one attached hydrogen (secondary N) is 1. The van der Waals surface area contributed by atoms with Crippen molar-refractivity contribution >= 4 is 11.8 Å². The lowest BCUT2D eigenvalue weighted by molar-refractivity contribution is -0.140. The number of benzene rings is 1. The number of fused-ring (bicyclic) bond motifs is 1. The lowest BCUT2D eigenvalue weighted by atomic mass is 9.93. The van der Waals surface area contributed by atoms with Crippen LogP contribution in [0.2, 0.25) is 0 Å². The molecule has 1 aromatic carbocycles. The Kier molecular flexibility index (Phi) is 4.32. The number of nitrogens with two attached hydrogens (primary N) is 1. The second kappa shape index (κ2) is 5.85. The first-order valence-electron chi connectivity index (χ1n) is 7.18. The number of carbonyl (C=O) groups excluding carboxylic acids is 2. The van der Waals surface area contributed by atoms with Crippen molar-refractivity contribution in [2.24, 2.45) is 5.73 Å². The molecule has 0 spiro atoms. The molecular weight excluding hydrogens is 266 g/mol. The van der Waals surface area contributed by atoms with E-state index in [1.54, 1.807) is 4.90 Å². The molecule has 5 nitrogen and oxygen atoms in total. The Morgan fingerprint density at radius 3 is 2.48 bits per heavy atom. The summed E-state index contributed by atoms with van der Waals surface area (Å²) in [6.45, 7) is 6.63. The van der Waals surface area contributed by atoms with Crippen LogP contribution in [0.25, 0.3) is 0 Å². The van der Waals surface area contributed by atoms with Crippen molar-refractivity contribution < 1.29 is 9.59 Å². The average molecular weight is 289 g/mol. The highest BCUT2D eigenvalue weighted by molar-refractivity contribution is 5.88. The monoisotopic (exact) mass is 289 g/mol. The van der Waals surface area contributed by atoms with Crippen LogP contribution in [-0.2, 0) is 22.6 Å². The van der Waals surface area contributed by atoms with E-state index in [2.05, 4.69) is 5.32 Å². The number of hydrogen-bond acceptors (Lipinski definition) is 3. The lowest BCUT2D eigenvalue weighted by Gasteiger charge is -2.36. The van der Waals surface area contributed by atoms with Crippen molar-refractivity contribution in [3.63, 3.8) is 0 Å². The molecule has 0 aromatic heterocycles. The zero-order chi connectivity index (χ0) is 15.6. The van der Waals surface area contributed by atoms with Crippen LogP contribution in [0.1, 0.15) is 31.9 Å². The fourth-order valence-corrected chi connectivity index (χ4v) is 2.48. The largest absolute Gasteiger partial charge is 0.368 e. The highest BCUT2D eigenvalue weighted by atomic mass is 16.2. The molecule has 3 N–H and O–H groups in total. The molecule has 0 saturated heterocycles. The zero-order valence-corrected chi connectivity index (χ0v) is 12.8. The second-order valence-corrected chi connectivity index (χ2v) is 6.52. The van der Waals surface area contributed by atoms with Crippen LogP contribution in [-0.4, -0.2) is 34.8 Å². The molecule has 1 aromatic rings. The number of carbonyl (C=O) groups is 2. The van der Waals surface area contributed by atoms with E-state index < -0.39 is 11.9 Å². The van der Waals surface area contributed by atoms with Gasteiger partial charge >= 0.3 is 0 Å². The first-order valence-corrected chi connectivity index (χ1v) is 7.18. The minimum Gasteiger partial charge on any atom is -0.368 e. The van der Waals surface area contributed by atoms with Gasteiger partial charge in [-0.15, -0.1) is 0 Å². The van der Waals surface area contributed by atoms with Crippen LogP contribution >= 0.6 is 0 Å². The minimum atomic E-state index is -0.561. The van der Waals surface area contributed by atoms with Crippen molar-refractivity contribution in [2.45, 2.75) is 45.3 Å². The van der Waals surface area contributed by atoms with Crippen LogP contribution < -0.4 is 11.1 Å². The minimum absolute atomic E-state index is 0.0942. The highest BCUT2D eigenvalue weighted by Gasteiger charge is 2.33. The lowest BCUT2D eigenvalue weighted by Crippen LogP contribution is -2.54. The maximum atomic E-state index is 12.4. The van der Waals surface area contributed by atoms with Crippen molar-refractivity contribution in [3.8, 4) is 0 Å². The van der Waals surface area contributed by atoms with Crippen LogP contribution in [0, 0.1) is 0 Å². The van der Waals surface area contributed by atoms with Crippen LogP contribution in [0.4, 0.5) is 0 Å². The number of primary amides is 1. The molecule has 5 heteroatoms.